The van der Waals surface area contributed by atoms with Gasteiger partial charge in [0.2, 0.25) is 11.9 Å². The van der Waals surface area contributed by atoms with Gasteiger partial charge in [-0.15, -0.1) is 11.3 Å². The average Bonchev–Trinajstić information content (AvgIpc) is 3.62. The first kappa shape index (κ1) is 25.2. The van der Waals surface area contributed by atoms with Crippen molar-refractivity contribution < 1.29 is 14.4 Å². The summed E-state index contributed by atoms with van der Waals surface area (Å²) >= 11 is 4.75. The van der Waals surface area contributed by atoms with E-state index in [0.29, 0.717) is 47.1 Å². The van der Waals surface area contributed by atoms with Crippen molar-refractivity contribution in [2.75, 3.05) is 30.4 Å². The van der Waals surface area contributed by atoms with Gasteiger partial charge in [0.25, 0.3) is 11.8 Å². The topological polar surface area (TPSA) is 87.5 Å². The van der Waals surface area contributed by atoms with Gasteiger partial charge in [-0.25, -0.2) is 4.98 Å². The predicted octanol–water partition coefficient (Wildman–Crippen LogP) is 5.40. The molecule has 1 fully saturated rings. The zero-order valence-corrected chi connectivity index (χ0v) is 22.7. The number of nitrogens with one attached hydrogen (secondary N) is 1. The molecule has 0 aliphatic carbocycles. The van der Waals surface area contributed by atoms with Crippen LogP contribution in [0.15, 0.2) is 64.5 Å². The zero-order chi connectivity index (χ0) is 25.9. The fourth-order valence-corrected chi connectivity index (χ4v) is 5.78. The van der Waals surface area contributed by atoms with E-state index in [9.17, 15) is 14.4 Å². The number of aromatic nitrogens is 2. The summed E-state index contributed by atoms with van der Waals surface area (Å²) in [4.78, 5) is 46.7. The van der Waals surface area contributed by atoms with Crippen molar-refractivity contribution in [3.8, 4) is 0 Å². The second kappa shape index (κ2) is 10.9. The fraction of sp³-hybridized carbons (Fsp3) is 0.259. The molecule has 2 aromatic heterocycles. The van der Waals surface area contributed by atoms with Crippen molar-refractivity contribution >= 4 is 67.7 Å². The number of likely N-dealkylation sites (tertiary alicyclic amines) is 1. The van der Waals surface area contributed by atoms with Crippen molar-refractivity contribution in [3.63, 3.8) is 0 Å². The average molecular weight is 581 g/mol. The summed E-state index contributed by atoms with van der Waals surface area (Å²) < 4.78 is 2.84. The first-order valence-corrected chi connectivity index (χ1v) is 13.7. The minimum absolute atomic E-state index is 0.119. The number of halogens is 1. The smallest absolute Gasteiger partial charge is 0.268 e. The van der Waals surface area contributed by atoms with Crippen LogP contribution < -0.4 is 10.2 Å². The minimum atomic E-state index is -0.237. The molecule has 10 heteroatoms. The molecule has 1 saturated heterocycles. The Bertz CT molecular complexity index is 1470. The number of carbonyl (C=O) groups excluding carboxylic acids is 3. The van der Waals surface area contributed by atoms with Crippen molar-refractivity contribution in [2.45, 2.75) is 25.8 Å². The number of thiophene rings is 1. The van der Waals surface area contributed by atoms with E-state index in [1.807, 2.05) is 51.9 Å². The lowest BCUT2D eigenvalue weighted by molar-refractivity contribution is -0.127. The Kier molecular flexibility index (Phi) is 7.38. The third-order valence-corrected chi connectivity index (χ3v) is 8.07. The van der Waals surface area contributed by atoms with E-state index in [1.165, 1.54) is 11.3 Å². The lowest BCUT2D eigenvalue weighted by atomic mass is 10.2. The summed E-state index contributed by atoms with van der Waals surface area (Å²) in [5.41, 5.74) is 2.82. The van der Waals surface area contributed by atoms with Crippen LogP contribution in [0.4, 0.5) is 11.6 Å². The van der Waals surface area contributed by atoms with Crippen LogP contribution in [0, 0.1) is 0 Å². The maximum Gasteiger partial charge on any atom is 0.268 e. The summed E-state index contributed by atoms with van der Waals surface area (Å²) in [7, 11) is 1.73. The highest BCUT2D eigenvalue weighted by atomic mass is 79.9. The molecule has 37 heavy (non-hydrogen) atoms. The number of imidazole rings is 1. The fourth-order valence-electron chi connectivity index (χ4n) is 4.50. The van der Waals surface area contributed by atoms with Gasteiger partial charge in [0.1, 0.15) is 0 Å². The molecular formula is C27H26BrN5O3S. The van der Waals surface area contributed by atoms with E-state index in [4.69, 9.17) is 4.98 Å². The van der Waals surface area contributed by atoms with E-state index in [2.05, 4.69) is 21.2 Å². The molecule has 1 aliphatic rings. The maximum absolute atomic E-state index is 13.0. The SMILES string of the molecule is CN(C(=O)c1ccccc1)c1ccc2c(c1)nc(NC(=O)c1ccc(Br)s1)n2CCCN1CCCC1=O. The number of nitrogens with zero attached hydrogens (tertiary/aromatic N) is 4. The van der Waals surface area contributed by atoms with Crippen LogP contribution in [0.25, 0.3) is 11.0 Å². The van der Waals surface area contributed by atoms with E-state index in [-0.39, 0.29) is 17.7 Å². The van der Waals surface area contributed by atoms with Crippen molar-refractivity contribution in [3.05, 3.63) is 74.9 Å². The molecule has 0 spiro atoms. The number of aryl methyl sites for hydroxylation is 1. The van der Waals surface area contributed by atoms with Crippen molar-refractivity contribution in [1.29, 1.82) is 0 Å². The van der Waals surface area contributed by atoms with E-state index in [1.54, 1.807) is 30.1 Å². The quantitative estimate of drug-likeness (QED) is 0.302. The minimum Gasteiger partial charge on any atom is -0.343 e. The van der Waals surface area contributed by atoms with Crippen LogP contribution in [0.1, 0.15) is 39.3 Å². The third-order valence-electron chi connectivity index (χ3n) is 6.45. The number of fused-ring (bicyclic) bond motifs is 1. The van der Waals surface area contributed by atoms with E-state index in [0.717, 1.165) is 28.7 Å². The Morgan fingerprint density at radius 3 is 2.62 bits per heavy atom. The van der Waals surface area contributed by atoms with Crippen LogP contribution in [-0.4, -0.2) is 52.3 Å². The molecule has 4 aromatic rings. The highest BCUT2D eigenvalue weighted by molar-refractivity contribution is 9.11. The van der Waals surface area contributed by atoms with E-state index >= 15 is 0 Å². The third kappa shape index (κ3) is 5.45. The lowest BCUT2D eigenvalue weighted by Gasteiger charge is -2.18. The molecule has 0 bridgehead atoms. The van der Waals surface area contributed by atoms with Gasteiger partial charge in [-0.05, 0) is 71.2 Å². The predicted molar refractivity (Wildman–Crippen MR) is 149 cm³/mol. The van der Waals surface area contributed by atoms with Crippen LogP contribution in [0.3, 0.4) is 0 Å². The zero-order valence-electron chi connectivity index (χ0n) is 20.3. The standard InChI is InChI=1S/C27H26BrN5O3S/c1-31(26(36)18-7-3-2-4-8-18)19-10-11-21-20(17-19)29-27(30-25(35)22-12-13-23(28)37-22)33(21)16-6-15-32-14-5-9-24(32)34/h2-4,7-8,10-13,17H,5-6,9,14-16H2,1H3,(H,29,30,35). The highest BCUT2D eigenvalue weighted by Crippen LogP contribution is 2.28. The Labute approximate surface area is 227 Å². The molecule has 0 saturated carbocycles. The molecule has 0 atom stereocenters. The summed E-state index contributed by atoms with van der Waals surface area (Å²) in [5.74, 6) is 0.277. The lowest BCUT2D eigenvalue weighted by Crippen LogP contribution is -2.26. The van der Waals surface area contributed by atoms with Gasteiger partial charge in [0.05, 0.1) is 19.7 Å². The molecule has 2 aromatic carbocycles. The normalized spacial score (nSPS) is 13.4. The van der Waals surface area contributed by atoms with Gasteiger partial charge >= 0.3 is 0 Å². The monoisotopic (exact) mass is 579 g/mol. The van der Waals surface area contributed by atoms with Gasteiger partial charge in [-0.1, -0.05) is 18.2 Å². The molecule has 3 amide bonds. The van der Waals surface area contributed by atoms with Gasteiger partial charge in [0.15, 0.2) is 0 Å². The van der Waals surface area contributed by atoms with Crippen LogP contribution in [0.2, 0.25) is 0 Å². The van der Waals surface area contributed by atoms with Gasteiger partial charge < -0.3 is 14.4 Å². The first-order valence-electron chi connectivity index (χ1n) is 12.1. The molecule has 0 radical (unpaired) electrons. The second-order valence-corrected chi connectivity index (χ2v) is 11.3. The largest absolute Gasteiger partial charge is 0.343 e. The van der Waals surface area contributed by atoms with Crippen molar-refractivity contribution in [1.82, 2.24) is 14.5 Å². The molecule has 1 aliphatic heterocycles. The molecule has 3 heterocycles. The first-order chi connectivity index (χ1) is 17.9. The number of hydrogen-bond donors (Lipinski definition) is 1. The maximum atomic E-state index is 13.0. The molecule has 8 nitrogen and oxygen atoms in total. The summed E-state index contributed by atoms with van der Waals surface area (Å²) in [6.07, 6.45) is 2.25. The number of carbonyl (C=O) groups is 3. The summed E-state index contributed by atoms with van der Waals surface area (Å²) in [5, 5.41) is 2.96. The summed E-state index contributed by atoms with van der Waals surface area (Å²) in [6, 6.07) is 18.4. The van der Waals surface area contributed by atoms with Crippen LogP contribution in [0.5, 0.6) is 0 Å². The second-order valence-electron chi connectivity index (χ2n) is 8.89. The summed E-state index contributed by atoms with van der Waals surface area (Å²) in [6.45, 7) is 2.05. The Balaban J connectivity index is 1.43. The van der Waals surface area contributed by atoms with Crippen LogP contribution in [-0.2, 0) is 11.3 Å². The molecule has 5 rings (SSSR count). The number of benzene rings is 2. The number of amides is 3. The van der Waals surface area contributed by atoms with Gasteiger partial charge in [-0.2, -0.15) is 0 Å². The molecule has 1 N–H and O–H groups in total. The van der Waals surface area contributed by atoms with Gasteiger partial charge in [-0.3, -0.25) is 19.7 Å². The molecule has 190 valence electrons. The van der Waals surface area contributed by atoms with E-state index < -0.39 is 0 Å². The Morgan fingerprint density at radius 2 is 1.92 bits per heavy atom. The Morgan fingerprint density at radius 1 is 1.11 bits per heavy atom. The highest BCUT2D eigenvalue weighted by Gasteiger charge is 2.21. The van der Waals surface area contributed by atoms with Crippen molar-refractivity contribution in [2.24, 2.45) is 0 Å². The molecular weight excluding hydrogens is 554 g/mol. The number of hydrogen-bond acceptors (Lipinski definition) is 5. The number of anilines is 2. The van der Waals surface area contributed by atoms with Crippen LogP contribution >= 0.6 is 27.3 Å². The number of rotatable bonds is 8. The Hall–Kier alpha value is -3.50. The molecule has 0 unspecified atom stereocenters. The van der Waals surface area contributed by atoms with Gasteiger partial charge in [0, 0.05) is 44.4 Å².